The molecule has 1 spiro atoms. The van der Waals surface area contributed by atoms with Crippen molar-refractivity contribution in [2.75, 3.05) is 19.3 Å². The lowest BCUT2D eigenvalue weighted by Gasteiger charge is -2.32. The first-order valence-corrected chi connectivity index (χ1v) is 8.14. The van der Waals surface area contributed by atoms with Gasteiger partial charge in [0.1, 0.15) is 5.60 Å². The van der Waals surface area contributed by atoms with E-state index >= 15 is 0 Å². The zero-order valence-corrected chi connectivity index (χ0v) is 11.7. The molecule has 0 aromatic carbocycles. The molecule has 0 bridgehead atoms. The number of aromatic nitrogens is 2. The third-order valence-electron chi connectivity index (χ3n) is 3.85. The van der Waals surface area contributed by atoms with E-state index in [0.29, 0.717) is 29.9 Å². The quantitative estimate of drug-likeness (QED) is 0.650. The minimum atomic E-state index is -3.79. The molecular weight excluding hydrogens is 286 g/mol. The van der Waals surface area contributed by atoms with Crippen LogP contribution in [0.15, 0.2) is 9.59 Å². The lowest BCUT2D eigenvalue weighted by atomic mass is 9.86. The van der Waals surface area contributed by atoms with E-state index in [0.717, 1.165) is 6.26 Å². The summed E-state index contributed by atoms with van der Waals surface area (Å²) in [5.41, 5.74) is -1.84. The van der Waals surface area contributed by atoms with Gasteiger partial charge in [-0.25, -0.2) is 13.2 Å². The monoisotopic (exact) mass is 301 g/mol. The van der Waals surface area contributed by atoms with Crippen molar-refractivity contribution in [3.63, 3.8) is 0 Å². The number of rotatable bonds is 1. The first-order chi connectivity index (χ1) is 9.35. The fourth-order valence-corrected chi connectivity index (χ4v) is 3.91. The summed E-state index contributed by atoms with van der Waals surface area (Å²) >= 11 is 0. The molecule has 0 aliphatic carbocycles. The zero-order valence-electron chi connectivity index (χ0n) is 10.9. The number of nitrogens with one attached hydrogen (secondary N) is 2. The van der Waals surface area contributed by atoms with Gasteiger partial charge in [-0.2, -0.15) is 3.97 Å². The Hall–Kier alpha value is -1.45. The van der Waals surface area contributed by atoms with Crippen molar-refractivity contribution in [3.05, 3.63) is 32.1 Å². The van der Waals surface area contributed by atoms with Crippen LogP contribution in [0, 0.1) is 0 Å². The number of H-pyrrole nitrogens is 1. The molecule has 1 fully saturated rings. The molecule has 3 rings (SSSR count). The van der Waals surface area contributed by atoms with E-state index in [2.05, 4.69) is 10.3 Å². The highest BCUT2D eigenvalue weighted by molar-refractivity contribution is 7.89. The van der Waals surface area contributed by atoms with Crippen LogP contribution in [0.25, 0.3) is 0 Å². The minimum absolute atomic E-state index is 0.0401. The fourth-order valence-electron chi connectivity index (χ4n) is 3.02. The maximum Gasteiger partial charge on any atom is 0.342 e. The molecule has 0 saturated carbocycles. The second-order valence-corrected chi connectivity index (χ2v) is 6.97. The summed E-state index contributed by atoms with van der Waals surface area (Å²) < 4.78 is 29.9. The molecule has 1 aromatic rings. The van der Waals surface area contributed by atoms with Gasteiger partial charge in [0.25, 0.3) is 5.56 Å². The van der Waals surface area contributed by atoms with Crippen LogP contribution in [0.4, 0.5) is 0 Å². The smallest absolute Gasteiger partial charge is 0.342 e. The summed E-state index contributed by atoms with van der Waals surface area (Å²) in [5, 5.41) is 3.16. The SMILES string of the molecule is CS(=O)(=O)n1c2c(c(=O)[nH]c1=O)C1(CCNCC1)OC2. The van der Waals surface area contributed by atoms with Gasteiger partial charge in [-0.1, -0.05) is 0 Å². The van der Waals surface area contributed by atoms with Gasteiger partial charge >= 0.3 is 5.69 Å². The summed E-state index contributed by atoms with van der Waals surface area (Å²) in [7, 11) is -3.79. The summed E-state index contributed by atoms with van der Waals surface area (Å²) in [6.07, 6.45) is 2.08. The van der Waals surface area contributed by atoms with E-state index in [9.17, 15) is 18.0 Å². The highest BCUT2D eigenvalue weighted by Crippen LogP contribution is 2.40. The number of hydrogen-bond acceptors (Lipinski definition) is 6. The van der Waals surface area contributed by atoms with E-state index < -0.39 is 26.9 Å². The number of aromatic amines is 1. The number of fused-ring (bicyclic) bond motifs is 2. The van der Waals surface area contributed by atoms with Crippen molar-refractivity contribution in [3.8, 4) is 0 Å². The summed E-state index contributed by atoms with van der Waals surface area (Å²) in [6, 6.07) is 0. The molecule has 20 heavy (non-hydrogen) atoms. The standard InChI is InChI=1S/C11H15N3O5S/c1-20(17,18)14-7-6-19-11(2-4-12-5-3-11)8(7)9(15)13-10(14)16/h12H,2-6H2,1H3,(H,13,15,16). The fraction of sp³-hybridized carbons (Fsp3) is 0.636. The predicted molar refractivity (Wildman–Crippen MR) is 70.1 cm³/mol. The molecular formula is C11H15N3O5S. The first-order valence-electron chi connectivity index (χ1n) is 6.29. The number of ether oxygens (including phenoxy) is 1. The van der Waals surface area contributed by atoms with Crippen molar-refractivity contribution in [2.24, 2.45) is 0 Å². The van der Waals surface area contributed by atoms with Gasteiger partial charge in [-0.15, -0.1) is 0 Å². The minimum Gasteiger partial charge on any atom is -0.364 e. The third kappa shape index (κ3) is 1.85. The molecule has 9 heteroatoms. The maximum absolute atomic E-state index is 12.1. The first kappa shape index (κ1) is 13.5. The number of hydrogen-bond donors (Lipinski definition) is 2. The highest BCUT2D eigenvalue weighted by Gasteiger charge is 2.45. The van der Waals surface area contributed by atoms with Crippen LogP contribution in [0.1, 0.15) is 24.1 Å². The molecule has 3 heterocycles. The predicted octanol–water partition coefficient (Wildman–Crippen LogP) is -1.55. The van der Waals surface area contributed by atoms with Crippen molar-refractivity contribution in [1.29, 1.82) is 0 Å². The Morgan fingerprint density at radius 3 is 2.50 bits per heavy atom. The van der Waals surface area contributed by atoms with Gasteiger partial charge in [-0.3, -0.25) is 9.78 Å². The van der Waals surface area contributed by atoms with Crippen molar-refractivity contribution in [1.82, 2.24) is 14.3 Å². The molecule has 1 saturated heterocycles. The number of piperidine rings is 1. The Labute approximate surface area is 114 Å². The van der Waals surface area contributed by atoms with Crippen LogP contribution in [0.5, 0.6) is 0 Å². The highest BCUT2D eigenvalue weighted by atomic mass is 32.2. The van der Waals surface area contributed by atoms with Crippen LogP contribution in [-0.4, -0.2) is 36.7 Å². The second kappa shape index (κ2) is 4.27. The number of nitrogens with zero attached hydrogens (tertiary/aromatic N) is 1. The molecule has 2 aliphatic heterocycles. The molecule has 0 amide bonds. The Balaban J connectivity index is 2.32. The lowest BCUT2D eigenvalue weighted by molar-refractivity contribution is -0.0600. The van der Waals surface area contributed by atoms with Crippen LogP contribution >= 0.6 is 0 Å². The Morgan fingerprint density at radius 2 is 1.90 bits per heavy atom. The Bertz CT molecular complexity index is 770. The Morgan fingerprint density at radius 1 is 1.25 bits per heavy atom. The molecule has 0 atom stereocenters. The molecule has 0 radical (unpaired) electrons. The third-order valence-corrected chi connectivity index (χ3v) is 4.90. The van der Waals surface area contributed by atoms with Gasteiger partial charge in [0.15, 0.2) is 0 Å². The summed E-state index contributed by atoms with van der Waals surface area (Å²) in [5.74, 6) is 0. The van der Waals surface area contributed by atoms with Crippen LogP contribution in [-0.2, 0) is 27.0 Å². The molecule has 8 nitrogen and oxygen atoms in total. The molecule has 0 unspecified atom stereocenters. The average Bonchev–Trinajstić information content (AvgIpc) is 2.68. The van der Waals surface area contributed by atoms with Gasteiger partial charge in [-0.05, 0) is 25.9 Å². The van der Waals surface area contributed by atoms with Gasteiger partial charge in [0, 0.05) is 0 Å². The van der Waals surface area contributed by atoms with Crippen LogP contribution in [0.2, 0.25) is 0 Å². The molecule has 2 aliphatic rings. The van der Waals surface area contributed by atoms with Gasteiger partial charge in [0.05, 0.1) is 24.1 Å². The van der Waals surface area contributed by atoms with E-state index in [4.69, 9.17) is 4.74 Å². The average molecular weight is 301 g/mol. The van der Waals surface area contributed by atoms with Gasteiger partial charge < -0.3 is 10.1 Å². The molecule has 110 valence electrons. The van der Waals surface area contributed by atoms with Crippen molar-refractivity contribution < 1.29 is 13.2 Å². The lowest BCUT2D eigenvalue weighted by Crippen LogP contribution is -2.45. The van der Waals surface area contributed by atoms with Crippen molar-refractivity contribution >= 4 is 10.0 Å². The molecule has 1 aromatic heterocycles. The summed E-state index contributed by atoms with van der Waals surface area (Å²) in [4.78, 5) is 26.0. The van der Waals surface area contributed by atoms with Crippen LogP contribution < -0.4 is 16.6 Å². The Kier molecular flexibility index (Phi) is 2.89. The van der Waals surface area contributed by atoms with E-state index in [1.807, 2.05) is 0 Å². The molecule has 2 N–H and O–H groups in total. The van der Waals surface area contributed by atoms with E-state index in [-0.39, 0.29) is 17.9 Å². The van der Waals surface area contributed by atoms with Gasteiger partial charge in [0.2, 0.25) is 10.0 Å². The maximum atomic E-state index is 12.1. The van der Waals surface area contributed by atoms with Crippen molar-refractivity contribution in [2.45, 2.75) is 25.0 Å². The summed E-state index contributed by atoms with van der Waals surface area (Å²) in [6.45, 7) is 1.31. The van der Waals surface area contributed by atoms with E-state index in [1.165, 1.54) is 0 Å². The van der Waals surface area contributed by atoms with E-state index in [1.54, 1.807) is 0 Å². The largest absolute Gasteiger partial charge is 0.364 e. The zero-order chi connectivity index (χ0) is 14.5. The normalized spacial score (nSPS) is 21.1. The topological polar surface area (TPSA) is 110 Å². The second-order valence-electron chi connectivity index (χ2n) is 5.14. The van der Waals surface area contributed by atoms with Crippen LogP contribution in [0.3, 0.4) is 0 Å².